The third-order valence-electron chi connectivity index (χ3n) is 3.46. The largest absolute Gasteiger partial charge is 0.468 e. The molecular formula is C15H12F6N4OS. The second-order valence-electron chi connectivity index (χ2n) is 5.61. The Labute approximate surface area is 153 Å². The number of aryl methyl sites for hydroxylation is 1. The second-order valence-corrected chi connectivity index (χ2v) is 6.60. The number of nitrogens with zero attached hydrogens (tertiary/aromatic N) is 2. The van der Waals surface area contributed by atoms with Crippen LogP contribution in [0, 0.1) is 6.92 Å². The van der Waals surface area contributed by atoms with Crippen LogP contribution in [-0.2, 0) is 17.1 Å². The highest BCUT2D eigenvalue weighted by Gasteiger charge is 2.39. The van der Waals surface area contributed by atoms with E-state index >= 15 is 0 Å². The summed E-state index contributed by atoms with van der Waals surface area (Å²) in [5, 5.41) is 9.49. The number of aliphatic imine (C=N–C) groups is 1. The van der Waals surface area contributed by atoms with Crippen molar-refractivity contribution in [1.82, 2.24) is 10.2 Å². The van der Waals surface area contributed by atoms with E-state index in [2.05, 4.69) is 20.5 Å². The van der Waals surface area contributed by atoms with Crippen molar-refractivity contribution in [2.75, 3.05) is 11.9 Å². The van der Waals surface area contributed by atoms with Crippen LogP contribution in [0.25, 0.3) is 0 Å². The minimum atomic E-state index is -4.95. The van der Waals surface area contributed by atoms with Crippen LogP contribution in [0.4, 0.5) is 32.2 Å². The lowest BCUT2D eigenvalue weighted by Crippen LogP contribution is -2.18. The molecular weight excluding hydrogens is 398 g/mol. The Morgan fingerprint density at radius 2 is 1.89 bits per heavy atom. The van der Waals surface area contributed by atoms with Crippen molar-refractivity contribution in [1.29, 1.82) is 0 Å². The Balaban J connectivity index is 1.79. The van der Waals surface area contributed by atoms with Gasteiger partial charge in [0.1, 0.15) is 12.4 Å². The predicted octanol–water partition coefficient (Wildman–Crippen LogP) is 4.67. The molecule has 27 heavy (non-hydrogen) atoms. The molecule has 0 saturated heterocycles. The van der Waals surface area contributed by atoms with Gasteiger partial charge in [0.25, 0.3) is 5.23 Å². The highest BCUT2D eigenvalue weighted by Crippen LogP contribution is 2.41. The van der Waals surface area contributed by atoms with Crippen molar-refractivity contribution in [2.24, 2.45) is 4.99 Å². The molecule has 0 aliphatic carbocycles. The fourth-order valence-corrected chi connectivity index (χ4v) is 3.17. The van der Waals surface area contributed by atoms with Gasteiger partial charge < -0.3 is 10.1 Å². The molecule has 146 valence electrons. The van der Waals surface area contributed by atoms with E-state index in [0.29, 0.717) is 23.6 Å². The van der Waals surface area contributed by atoms with E-state index in [-0.39, 0.29) is 17.9 Å². The second kappa shape index (κ2) is 6.98. The minimum absolute atomic E-state index is 0.0518. The van der Waals surface area contributed by atoms with Gasteiger partial charge in [-0.3, -0.25) is 5.10 Å². The van der Waals surface area contributed by atoms with Gasteiger partial charge in [-0.15, -0.1) is 0 Å². The number of hydrogen-bond donors (Lipinski definition) is 2. The van der Waals surface area contributed by atoms with Gasteiger partial charge in [0.05, 0.1) is 11.1 Å². The molecule has 0 bridgehead atoms. The number of hydrogen-bond acceptors (Lipinski definition) is 5. The van der Waals surface area contributed by atoms with E-state index in [1.54, 1.807) is 13.0 Å². The van der Waals surface area contributed by atoms with E-state index in [1.165, 1.54) is 0 Å². The Hall–Kier alpha value is -2.37. The summed E-state index contributed by atoms with van der Waals surface area (Å²) in [6.07, 6.45) is -10.4. The fraction of sp³-hybridized carbons (Fsp3) is 0.333. The molecule has 1 aromatic carbocycles. The summed E-state index contributed by atoms with van der Waals surface area (Å²) in [5.41, 5.74) is -1.97. The average molecular weight is 410 g/mol. The molecule has 1 aliphatic rings. The topological polar surface area (TPSA) is 62.3 Å². The summed E-state index contributed by atoms with van der Waals surface area (Å²) < 4.78 is 82.9. The maximum atomic E-state index is 13.2. The van der Waals surface area contributed by atoms with E-state index in [0.717, 1.165) is 11.8 Å². The lowest BCUT2D eigenvalue weighted by atomic mass is 10.1. The fourth-order valence-electron chi connectivity index (χ4n) is 2.26. The normalized spacial score (nSPS) is 17.6. The first-order valence-electron chi connectivity index (χ1n) is 7.48. The highest BCUT2D eigenvalue weighted by atomic mass is 32.2. The van der Waals surface area contributed by atoms with Gasteiger partial charge in [-0.05, 0) is 36.9 Å². The van der Waals surface area contributed by atoms with Gasteiger partial charge in [-0.2, -0.15) is 31.4 Å². The molecule has 5 nitrogen and oxygen atoms in total. The number of aromatic nitrogens is 2. The van der Waals surface area contributed by atoms with Crippen LogP contribution in [-0.4, -0.2) is 28.2 Å². The molecule has 2 N–H and O–H groups in total. The number of aromatic amines is 1. The van der Waals surface area contributed by atoms with Crippen LogP contribution in [0.3, 0.4) is 0 Å². The summed E-state index contributed by atoms with van der Waals surface area (Å²) >= 11 is 0.516. The molecule has 0 fully saturated rings. The van der Waals surface area contributed by atoms with Crippen LogP contribution in [0.1, 0.15) is 16.8 Å². The third-order valence-corrected chi connectivity index (χ3v) is 4.43. The van der Waals surface area contributed by atoms with Gasteiger partial charge in [0.15, 0.2) is 6.17 Å². The number of alkyl halides is 6. The van der Waals surface area contributed by atoms with Gasteiger partial charge in [-0.25, -0.2) is 4.99 Å². The Morgan fingerprint density at radius 1 is 1.15 bits per heavy atom. The summed E-state index contributed by atoms with van der Waals surface area (Å²) in [6, 6.07) is 3.15. The lowest BCUT2D eigenvalue weighted by molar-refractivity contribution is -0.144. The maximum absolute atomic E-state index is 13.2. The zero-order valence-corrected chi connectivity index (χ0v) is 14.4. The number of rotatable bonds is 3. The number of halogens is 6. The first-order valence-corrected chi connectivity index (χ1v) is 8.29. The van der Waals surface area contributed by atoms with Crippen molar-refractivity contribution < 1.29 is 31.1 Å². The summed E-state index contributed by atoms with van der Waals surface area (Å²) in [7, 11) is 0. The summed E-state index contributed by atoms with van der Waals surface area (Å²) in [5.74, 6) is 0.488. The van der Waals surface area contributed by atoms with Crippen molar-refractivity contribution in [3.05, 3.63) is 41.1 Å². The predicted molar refractivity (Wildman–Crippen MR) is 86.4 cm³/mol. The molecule has 2 heterocycles. The Morgan fingerprint density at radius 3 is 2.48 bits per heavy atom. The molecule has 1 aliphatic heterocycles. The molecule has 3 rings (SSSR count). The zero-order valence-electron chi connectivity index (χ0n) is 13.6. The lowest BCUT2D eigenvalue weighted by Gasteiger charge is -2.15. The molecule has 1 unspecified atom stereocenters. The minimum Gasteiger partial charge on any atom is -0.468 e. The molecule has 12 heteroatoms. The van der Waals surface area contributed by atoms with Crippen molar-refractivity contribution >= 4 is 22.8 Å². The molecule has 0 radical (unpaired) electrons. The number of H-pyrrole nitrogens is 1. The standard InChI is InChI=1S/C15H12F6N4OS/c1-7-4-11(25-24-7)22-12-6-26-13(23-12)27-10-3-2-8(14(16,17)18)5-9(10)15(19,20)21/h2-5,12H,6H2,1H3,(H2,22,24,25). The van der Waals surface area contributed by atoms with Crippen LogP contribution < -0.4 is 5.32 Å². The zero-order chi connectivity index (χ0) is 19.8. The summed E-state index contributed by atoms with van der Waals surface area (Å²) in [4.78, 5) is 3.66. The molecule has 0 saturated carbocycles. The van der Waals surface area contributed by atoms with Crippen LogP contribution in [0.2, 0.25) is 0 Å². The quantitative estimate of drug-likeness (QED) is 0.722. The van der Waals surface area contributed by atoms with Crippen molar-refractivity contribution in [3.63, 3.8) is 0 Å². The van der Waals surface area contributed by atoms with E-state index in [1.807, 2.05) is 0 Å². The Bertz CT molecular complexity index is 861. The maximum Gasteiger partial charge on any atom is 0.417 e. The van der Waals surface area contributed by atoms with Gasteiger partial charge in [0.2, 0.25) is 0 Å². The smallest absolute Gasteiger partial charge is 0.417 e. The van der Waals surface area contributed by atoms with Gasteiger partial charge in [-0.1, -0.05) is 0 Å². The Kier molecular flexibility index (Phi) is 5.02. The first kappa shape index (κ1) is 19.4. The number of ether oxygens (including phenoxy) is 1. The molecule has 0 amide bonds. The van der Waals surface area contributed by atoms with Crippen LogP contribution in [0.15, 0.2) is 34.2 Å². The van der Waals surface area contributed by atoms with Crippen LogP contribution >= 0.6 is 11.8 Å². The molecule has 0 spiro atoms. The van der Waals surface area contributed by atoms with Crippen molar-refractivity contribution in [3.8, 4) is 0 Å². The number of nitrogens with one attached hydrogen (secondary N) is 2. The van der Waals surface area contributed by atoms with Gasteiger partial charge in [0, 0.05) is 16.7 Å². The molecule has 1 aromatic heterocycles. The first-order chi connectivity index (χ1) is 12.5. The highest BCUT2D eigenvalue weighted by molar-refractivity contribution is 8.13. The molecule has 2 aromatic rings. The van der Waals surface area contributed by atoms with E-state index in [4.69, 9.17) is 4.74 Å². The monoisotopic (exact) mass is 410 g/mol. The summed E-state index contributed by atoms with van der Waals surface area (Å²) in [6.45, 7) is 1.84. The van der Waals surface area contributed by atoms with Crippen LogP contribution in [0.5, 0.6) is 0 Å². The number of thioether (sulfide) groups is 1. The van der Waals surface area contributed by atoms with E-state index < -0.39 is 34.5 Å². The third kappa shape index (κ3) is 4.67. The number of anilines is 1. The average Bonchev–Trinajstić information content (AvgIpc) is 3.15. The molecule has 1 atom stereocenters. The van der Waals surface area contributed by atoms with Crippen molar-refractivity contribution in [2.45, 2.75) is 30.3 Å². The SMILES string of the molecule is Cc1cc(NC2COC(Sc3ccc(C(F)(F)F)cc3C(F)(F)F)=N2)n[nH]1. The van der Waals surface area contributed by atoms with E-state index in [9.17, 15) is 26.3 Å². The number of benzene rings is 1. The van der Waals surface area contributed by atoms with Gasteiger partial charge >= 0.3 is 12.4 Å².